The fraction of sp³-hybridized carbons (Fsp3) is 0.343. The van der Waals surface area contributed by atoms with Gasteiger partial charge in [0, 0.05) is 22.7 Å². The number of benzene rings is 3. The van der Waals surface area contributed by atoms with Crippen LogP contribution in [0.1, 0.15) is 66.7 Å². The third-order valence-corrected chi connectivity index (χ3v) is 8.04. The van der Waals surface area contributed by atoms with Crippen molar-refractivity contribution in [1.82, 2.24) is 15.1 Å². The van der Waals surface area contributed by atoms with E-state index in [1.54, 1.807) is 10.7 Å². The van der Waals surface area contributed by atoms with Crippen LogP contribution in [0.25, 0.3) is 5.69 Å². The molecule has 0 bridgehead atoms. The lowest BCUT2D eigenvalue weighted by molar-refractivity contribution is -0.0498. The van der Waals surface area contributed by atoms with Crippen LogP contribution in [0.2, 0.25) is 0 Å². The summed E-state index contributed by atoms with van der Waals surface area (Å²) in [6.07, 6.45) is 1.55. The molecule has 4 aromatic rings. The molecule has 1 fully saturated rings. The number of aromatic nitrogens is 2. The molecule has 1 unspecified atom stereocenters. The van der Waals surface area contributed by atoms with Gasteiger partial charge in [0.1, 0.15) is 11.6 Å². The Balaban J connectivity index is 1.44. The number of hydrogen-bond acceptors (Lipinski definition) is 5. The molecule has 0 radical (unpaired) electrons. The van der Waals surface area contributed by atoms with Gasteiger partial charge in [-0.25, -0.2) is 9.48 Å². The molecule has 236 valence electrons. The molecule has 45 heavy (non-hydrogen) atoms. The number of para-hydroxylation sites is 1. The Labute approximate surface area is 262 Å². The summed E-state index contributed by atoms with van der Waals surface area (Å²) in [5.41, 5.74) is 4.09. The first-order chi connectivity index (χ1) is 21.5. The second kappa shape index (κ2) is 13.6. The maximum Gasteiger partial charge on any atom is 0.387 e. The van der Waals surface area contributed by atoms with Crippen molar-refractivity contribution in [3.63, 3.8) is 0 Å². The predicted octanol–water partition coefficient (Wildman–Crippen LogP) is 7.69. The molecule has 5 rings (SSSR count). The summed E-state index contributed by atoms with van der Waals surface area (Å²) in [5, 5.41) is 14.1. The van der Waals surface area contributed by atoms with E-state index in [0.717, 1.165) is 42.9 Å². The van der Waals surface area contributed by atoms with Crippen LogP contribution in [-0.2, 0) is 5.41 Å². The maximum atomic E-state index is 14.1. The SMILES string of the molecule is Cc1ccc(-n2nc(C(C)(C)C)cc2NC(=O)Nc2ccccc2C(C(=O)c2ccc(OC(F)F)cc2)C2CCNCC2)cc1. The summed E-state index contributed by atoms with van der Waals surface area (Å²) in [5.74, 6) is -0.198. The molecule has 0 aliphatic carbocycles. The van der Waals surface area contributed by atoms with E-state index in [4.69, 9.17) is 5.10 Å². The van der Waals surface area contributed by atoms with Crippen molar-refractivity contribution in [1.29, 1.82) is 0 Å². The summed E-state index contributed by atoms with van der Waals surface area (Å²) in [4.78, 5) is 27.6. The van der Waals surface area contributed by atoms with E-state index >= 15 is 0 Å². The summed E-state index contributed by atoms with van der Waals surface area (Å²) in [6, 6.07) is 22.4. The number of Topliss-reactive ketones (excluding diaryl/α,β-unsaturated/α-hetero) is 1. The van der Waals surface area contributed by atoms with E-state index in [2.05, 4.69) is 41.5 Å². The number of carbonyl (C=O) groups is 2. The average molecular weight is 616 g/mol. The van der Waals surface area contributed by atoms with Crippen LogP contribution in [0.4, 0.5) is 25.1 Å². The lowest BCUT2D eigenvalue weighted by atomic mass is 9.75. The summed E-state index contributed by atoms with van der Waals surface area (Å²) < 4.78 is 31.6. The Kier molecular flexibility index (Phi) is 9.63. The Hall–Kier alpha value is -4.57. The molecule has 1 aliphatic rings. The van der Waals surface area contributed by atoms with Crippen molar-refractivity contribution in [3.05, 3.63) is 101 Å². The van der Waals surface area contributed by atoms with Gasteiger partial charge in [0.05, 0.1) is 17.3 Å². The first-order valence-electron chi connectivity index (χ1n) is 15.1. The van der Waals surface area contributed by atoms with Crippen LogP contribution in [0.15, 0.2) is 78.9 Å². The number of piperidine rings is 1. The van der Waals surface area contributed by atoms with Crippen LogP contribution < -0.4 is 20.7 Å². The number of ether oxygens (including phenoxy) is 1. The Bertz CT molecular complexity index is 1620. The van der Waals surface area contributed by atoms with Gasteiger partial charge in [-0.15, -0.1) is 0 Å². The molecule has 2 amide bonds. The van der Waals surface area contributed by atoms with Crippen molar-refractivity contribution in [2.75, 3.05) is 23.7 Å². The van der Waals surface area contributed by atoms with Crippen LogP contribution in [0.5, 0.6) is 5.75 Å². The van der Waals surface area contributed by atoms with Crippen molar-refractivity contribution < 1.29 is 23.1 Å². The van der Waals surface area contributed by atoms with Gasteiger partial charge in [-0.3, -0.25) is 10.1 Å². The highest BCUT2D eigenvalue weighted by Gasteiger charge is 2.33. The smallest absolute Gasteiger partial charge is 0.387 e. The first kappa shape index (κ1) is 31.8. The molecule has 3 N–H and O–H groups in total. The number of halogens is 2. The van der Waals surface area contributed by atoms with Crippen molar-refractivity contribution in [2.24, 2.45) is 5.92 Å². The highest BCUT2D eigenvalue weighted by molar-refractivity contribution is 6.04. The van der Waals surface area contributed by atoms with E-state index in [0.29, 0.717) is 22.6 Å². The Morgan fingerprint density at radius 1 is 0.956 bits per heavy atom. The number of ketones is 1. The minimum atomic E-state index is -2.95. The Morgan fingerprint density at radius 3 is 2.27 bits per heavy atom. The largest absolute Gasteiger partial charge is 0.435 e. The van der Waals surface area contributed by atoms with E-state index in [1.807, 2.05) is 55.5 Å². The molecular weight excluding hydrogens is 576 g/mol. The monoisotopic (exact) mass is 615 g/mol. The van der Waals surface area contributed by atoms with Gasteiger partial charge in [0.25, 0.3) is 0 Å². The number of anilines is 2. The molecule has 1 aromatic heterocycles. The van der Waals surface area contributed by atoms with E-state index < -0.39 is 18.6 Å². The number of amides is 2. The minimum Gasteiger partial charge on any atom is -0.435 e. The number of aryl methyl sites for hydroxylation is 1. The summed E-state index contributed by atoms with van der Waals surface area (Å²) in [6.45, 7) is 6.78. The van der Waals surface area contributed by atoms with Crippen molar-refractivity contribution in [3.8, 4) is 11.4 Å². The third kappa shape index (κ3) is 7.75. The van der Waals surface area contributed by atoms with Crippen LogP contribution in [0, 0.1) is 12.8 Å². The van der Waals surface area contributed by atoms with Gasteiger partial charge in [-0.2, -0.15) is 13.9 Å². The number of rotatable bonds is 9. The number of urea groups is 1. The van der Waals surface area contributed by atoms with E-state index in [-0.39, 0.29) is 22.9 Å². The van der Waals surface area contributed by atoms with E-state index in [1.165, 1.54) is 24.3 Å². The summed E-state index contributed by atoms with van der Waals surface area (Å²) in [7, 11) is 0. The number of nitrogens with zero attached hydrogens (tertiary/aromatic N) is 2. The molecule has 3 aromatic carbocycles. The molecule has 0 saturated carbocycles. The second-order valence-corrected chi connectivity index (χ2v) is 12.4. The molecule has 0 spiro atoms. The van der Waals surface area contributed by atoms with Gasteiger partial charge < -0.3 is 15.4 Å². The van der Waals surface area contributed by atoms with Gasteiger partial charge in [0.15, 0.2) is 5.78 Å². The van der Waals surface area contributed by atoms with Crippen LogP contribution in [0.3, 0.4) is 0 Å². The third-order valence-electron chi connectivity index (χ3n) is 8.04. The molecule has 2 heterocycles. The molecule has 8 nitrogen and oxygen atoms in total. The fourth-order valence-electron chi connectivity index (χ4n) is 5.64. The molecule has 1 atom stereocenters. The van der Waals surface area contributed by atoms with Gasteiger partial charge in [0.2, 0.25) is 0 Å². The van der Waals surface area contributed by atoms with Crippen molar-refractivity contribution in [2.45, 2.75) is 58.5 Å². The predicted molar refractivity (Wildman–Crippen MR) is 172 cm³/mol. The normalized spacial score (nSPS) is 14.6. The number of hydrogen-bond donors (Lipinski definition) is 3. The molecule has 1 saturated heterocycles. The highest BCUT2D eigenvalue weighted by atomic mass is 19.3. The Morgan fingerprint density at radius 2 is 1.62 bits per heavy atom. The standard InChI is InChI=1S/C35H39F2N5O3/c1-22-9-13-25(14-10-22)42-30(21-29(41-42)35(2,3)4)40-34(44)39-28-8-6-5-7-27(28)31(23-17-19-38-20-18-23)32(43)24-11-15-26(16-12-24)45-33(36)37/h5-16,21,23,31,33,38H,17-20H2,1-4H3,(H2,39,40,44). The minimum absolute atomic E-state index is 0.0130. The lowest BCUT2D eigenvalue weighted by Gasteiger charge is -2.31. The maximum absolute atomic E-state index is 14.1. The fourth-order valence-corrected chi connectivity index (χ4v) is 5.64. The first-order valence-corrected chi connectivity index (χ1v) is 15.1. The van der Waals surface area contributed by atoms with Gasteiger partial charge in [-0.05, 0) is 86.8 Å². The van der Waals surface area contributed by atoms with Crippen LogP contribution in [-0.4, -0.2) is 41.3 Å². The molecule has 1 aliphatic heterocycles. The van der Waals surface area contributed by atoms with Gasteiger partial charge in [-0.1, -0.05) is 56.7 Å². The summed E-state index contributed by atoms with van der Waals surface area (Å²) >= 11 is 0. The van der Waals surface area contributed by atoms with Crippen LogP contribution >= 0.6 is 0 Å². The molecule has 10 heteroatoms. The zero-order valence-corrected chi connectivity index (χ0v) is 25.9. The zero-order chi connectivity index (χ0) is 32.1. The number of nitrogens with one attached hydrogen (secondary N) is 3. The highest BCUT2D eigenvalue weighted by Crippen LogP contribution is 2.38. The van der Waals surface area contributed by atoms with E-state index in [9.17, 15) is 18.4 Å². The quantitative estimate of drug-likeness (QED) is 0.168. The topological polar surface area (TPSA) is 97.3 Å². The zero-order valence-electron chi connectivity index (χ0n) is 25.9. The average Bonchev–Trinajstić information content (AvgIpc) is 3.43. The number of alkyl halides is 2. The lowest BCUT2D eigenvalue weighted by Crippen LogP contribution is -2.34. The second-order valence-electron chi connectivity index (χ2n) is 12.4. The van der Waals surface area contributed by atoms with Gasteiger partial charge >= 0.3 is 12.6 Å². The molecular formula is C35H39F2N5O3. The number of carbonyl (C=O) groups excluding carboxylic acids is 2. The van der Waals surface area contributed by atoms with Crippen molar-refractivity contribution >= 4 is 23.3 Å².